The number of benzene rings is 1. The second-order valence-corrected chi connectivity index (χ2v) is 6.49. The molecule has 0 saturated heterocycles. The molecule has 1 aromatic heterocycles. The van der Waals surface area contributed by atoms with Crippen LogP contribution in [0.3, 0.4) is 0 Å². The fourth-order valence-corrected chi connectivity index (χ4v) is 3.61. The number of aromatic nitrogens is 2. The van der Waals surface area contributed by atoms with Gasteiger partial charge in [-0.15, -0.1) is 0 Å². The summed E-state index contributed by atoms with van der Waals surface area (Å²) in [5.74, 6) is 0. The number of aryl methyl sites for hydroxylation is 3. The van der Waals surface area contributed by atoms with Crippen molar-refractivity contribution in [2.75, 3.05) is 10.5 Å². The minimum atomic E-state index is -3.68. The standard InChI is InChI=1S/C14H20N4O2S/c1-4-10-6-7-11(15)8-14(10)21(19,20)17-13-9-18(3)16-12(13)5-2/h6-9,17H,4-5,15H2,1-3H3. The van der Waals surface area contributed by atoms with Crippen molar-refractivity contribution in [1.82, 2.24) is 9.78 Å². The molecule has 2 aromatic rings. The van der Waals surface area contributed by atoms with Crippen molar-refractivity contribution in [2.24, 2.45) is 7.05 Å². The lowest BCUT2D eigenvalue weighted by Crippen LogP contribution is -2.16. The third-order valence-electron chi connectivity index (χ3n) is 3.25. The molecular formula is C14H20N4O2S. The van der Waals surface area contributed by atoms with E-state index in [0.29, 0.717) is 29.9 Å². The summed E-state index contributed by atoms with van der Waals surface area (Å²) in [5.41, 5.74) is 8.10. The van der Waals surface area contributed by atoms with Crippen LogP contribution in [-0.4, -0.2) is 18.2 Å². The van der Waals surface area contributed by atoms with E-state index in [4.69, 9.17) is 5.73 Å². The van der Waals surface area contributed by atoms with E-state index in [2.05, 4.69) is 9.82 Å². The van der Waals surface area contributed by atoms with E-state index in [1.807, 2.05) is 13.8 Å². The van der Waals surface area contributed by atoms with Gasteiger partial charge in [0.25, 0.3) is 10.0 Å². The van der Waals surface area contributed by atoms with Gasteiger partial charge in [-0.2, -0.15) is 5.10 Å². The zero-order valence-electron chi connectivity index (χ0n) is 12.4. The minimum Gasteiger partial charge on any atom is -0.399 e. The fraction of sp³-hybridized carbons (Fsp3) is 0.357. The van der Waals surface area contributed by atoms with Crippen LogP contribution in [0.1, 0.15) is 25.1 Å². The van der Waals surface area contributed by atoms with Gasteiger partial charge in [-0.05, 0) is 30.5 Å². The zero-order valence-corrected chi connectivity index (χ0v) is 13.2. The smallest absolute Gasteiger partial charge is 0.262 e. The molecule has 0 radical (unpaired) electrons. The summed E-state index contributed by atoms with van der Waals surface area (Å²) in [5, 5.41) is 4.23. The first-order valence-corrected chi connectivity index (χ1v) is 8.29. The summed E-state index contributed by atoms with van der Waals surface area (Å²) in [6, 6.07) is 4.94. The summed E-state index contributed by atoms with van der Waals surface area (Å²) in [7, 11) is -1.92. The molecule has 0 aliphatic rings. The van der Waals surface area contributed by atoms with Crippen molar-refractivity contribution in [2.45, 2.75) is 31.6 Å². The first-order chi connectivity index (χ1) is 9.87. The largest absolute Gasteiger partial charge is 0.399 e. The van der Waals surface area contributed by atoms with Crippen LogP contribution >= 0.6 is 0 Å². The predicted molar refractivity (Wildman–Crippen MR) is 83.6 cm³/mol. The molecule has 3 N–H and O–H groups in total. The van der Waals surface area contributed by atoms with Crippen LogP contribution in [0, 0.1) is 0 Å². The molecule has 0 unspecified atom stereocenters. The normalized spacial score (nSPS) is 11.6. The zero-order chi connectivity index (χ0) is 15.6. The average Bonchev–Trinajstić information content (AvgIpc) is 2.78. The number of nitrogens with zero attached hydrogens (tertiary/aromatic N) is 2. The van der Waals surface area contributed by atoms with Crippen molar-refractivity contribution >= 4 is 21.4 Å². The van der Waals surface area contributed by atoms with Crippen LogP contribution in [0.2, 0.25) is 0 Å². The molecule has 0 spiro atoms. The van der Waals surface area contributed by atoms with Gasteiger partial charge in [0, 0.05) is 18.9 Å². The van der Waals surface area contributed by atoms with E-state index in [1.54, 1.807) is 30.1 Å². The summed E-state index contributed by atoms with van der Waals surface area (Å²) in [6.45, 7) is 3.84. The van der Waals surface area contributed by atoms with Gasteiger partial charge in [0.1, 0.15) is 0 Å². The lowest BCUT2D eigenvalue weighted by Gasteiger charge is -2.12. The molecule has 1 heterocycles. The van der Waals surface area contributed by atoms with Crippen LogP contribution in [0.25, 0.3) is 0 Å². The van der Waals surface area contributed by atoms with Crippen molar-refractivity contribution < 1.29 is 8.42 Å². The molecule has 0 aliphatic heterocycles. The molecule has 0 bridgehead atoms. The molecule has 1 aromatic carbocycles. The Morgan fingerprint density at radius 2 is 2.00 bits per heavy atom. The second-order valence-electron chi connectivity index (χ2n) is 4.84. The number of hydrogen-bond acceptors (Lipinski definition) is 4. The maximum Gasteiger partial charge on any atom is 0.262 e. The van der Waals surface area contributed by atoms with Crippen molar-refractivity contribution in [3.8, 4) is 0 Å². The Morgan fingerprint density at radius 3 is 2.62 bits per heavy atom. The Bertz CT molecular complexity index is 750. The third kappa shape index (κ3) is 3.18. The minimum absolute atomic E-state index is 0.218. The number of hydrogen-bond donors (Lipinski definition) is 2. The second kappa shape index (κ2) is 5.77. The molecule has 2 rings (SSSR count). The molecule has 0 aliphatic carbocycles. The van der Waals surface area contributed by atoms with Gasteiger partial charge < -0.3 is 5.73 Å². The number of nitrogens with one attached hydrogen (secondary N) is 1. The molecule has 6 nitrogen and oxygen atoms in total. The van der Waals surface area contributed by atoms with E-state index in [1.165, 1.54) is 6.07 Å². The number of rotatable bonds is 5. The Balaban J connectivity index is 2.45. The van der Waals surface area contributed by atoms with Gasteiger partial charge in [0.2, 0.25) is 0 Å². The summed E-state index contributed by atoms with van der Waals surface area (Å²) < 4.78 is 29.4. The molecule has 7 heteroatoms. The van der Waals surface area contributed by atoms with Gasteiger partial charge in [-0.3, -0.25) is 9.40 Å². The average molecular weight is 308 g/mol. The predicted octanol–water partition coefficient (Wildman–Crippen LogP) is 1.93. The highest BCUT2D eigenvalue weighted by atomic mass is 32.2. The molecule has 114 valence electrons. The molecule has 21 heavy (non-hydrogen) atoms. The van der Waals surface area contributed by atoms with E-state index in [-0.39, 0.29) is 4.90 Å². The van der Waals surface area contributed by atoms with Crippen LogP contribution in [0.4, 0.5) is 11.4 Å². The maximum atomic E-state index is 12.6. The number of nitrogens with two attached hydrogens (primary N) is 1. The summed E-state index contributed by atoms with van der Waals surface area (Å²) in [4.78, 5) is 0.218. The van der Waals surface area contributed by atoms with E-state index < -0.39 is 10.0 Å². The van der Waals surface area contributed by atoms with E-state index >= 15 is 0 Å². The summed E-state index contributed by atoms with van der Waals surface area (Å²) >= 11 is 0. The highest BCUT2D eigenvalue weighted by Crippen LogP contribution is 2.24. The first-order valence-electron chi connectivity index (χ1n) is 6.81. The van der Waals surface area contributed by atoms with Gasteiger partial charge >= 0.3 is 0 Å². The Kier molecular flexibility index (Phi) is 4.22. The van der Waals surface area contributed by atoms with Gasteiger partial charge in [0.15, 0.2) is 0 Å². The first kappa shape index (κ1) is 15.4. The summed E-state index contributed by atoms with van der Waals surface area (Å²) in [6.07, 6.45) is 2.93. The number of sulfonamides is 1. The molecule has 0 saturated carbocycles. The van der Waals surface area contributed by atoms with Gasteiger partial charge in [-0.25, -0.2) is 8.42 Å². The van der Waals surface area contributed by atoms with Crippen molar-refractivity contribution in [3.63, 3.8) is 0 Å². The lowest BCUT2D eigenvalue weighted by atomic mass is 10.1. The quantitative estimate of drug-likeness (QED) is 0.826. The van der Waals surface area contributed by atoms with Crippen LogP contribution < -0.4 is 10.5 Å². The number of anilines is 2. The Morgan fingerprint density at radius 1 is 1.29 bits per heavy atom. The van der Waals surface area contributed by atoms with Crippen LogP contribution in [-0.2, 0) is 29.9 Å². The monoisotopic (exact) mass is 308 g/mol. The Hall–Kier alpha value is -2.02. The van der Waals surface area contributed by atoms with Crippen molar-refractivity contribution in [1.29, 1.82) is 0 Å². The number of nitrogen functional groups attached to an aromatic ring is 1. The lowest BCUT2D eigenvalue weighted by molar-refractivity contribution is 0.600. The van der Waals surface area contributed by atoms with E-state index in [0.717, 1.165) is 5.56 Å². The van der Waals surface area contributed by atoms with Crippen LogP contribution in [0.5, 0.6) is 0 Å². The molecular weight excluding hydrogens is 288 g/mol. The highest BCUT2D eigenvalue weighted by molar-refractivity contribution is 7.92. The van der Waals surface area contributed by atoms with Gasteiger partial charge in [0.05, 0.1) is 16.3 Å². The molecule has 0 fully saturated rings. The maximum absolute atomic E-state index is 12.6. The molecule has 0 amide bonds. The third-order valence-corrected chi connectivity index (χ3v) is 4.69. The van der Waals surface area contributed by atoms with Gasteiger partial charge in [-0.1, -0.05) is 19.9 Å². The fourth-order valence-electron chi connectivity index (χ4n) is 2.19. The molecule has 0 atom stereocenters. The van der Waals surface area contributed by atoms with Crippen LogP contribution in [0.15, 0.2) is 29.3 Å². The SMILES string of the molecule is CCc1ccc(N)cc1S(=O)(=O)Nc1cn(C)nc1CC. The van der Waals surface area contributed by atoms with E-state index in [9.17, 15) is 8.42 Å². The topological polar surface area (TPSA) is 90.0 Å². The highest BCUT2D eigenvalue weighted by Gasteiger charge is 2.20. The van der Waals surface area contributed by atoms with Crippen molar-refractivity contribution in [3.05, 3.63) is 35.7 Å². The Labute approximate surface area is 125 Å².